The van der Waals surface area contributed by atoms with E-state index < -0.39 is 10.0 Å². The van der Waals surface area contributed by atoms with Crippen LogP contribution < -0.4 is 14.2 Å². The van der Waals surface area contributed by atoms with E-state index in [1.165, 1.54) is 24.3 Å². The van der Waals surface area contributed by atoms with Crippen molar-refractivity contribution < 1.29 is 17.9 Å². The molecule has 8 heteroatoms. The lowest BCUT2D eigenvalue weighted by Gasteiger charge is -2.19. The predicted octanol–water partition coefficient (Wildman–Crippen LogP) is 3.57. The Kier molecular flexibility index (Phi) is 4.08. The Labute approximate surface area is 137 Å². The maximum atomic E-state index is 12.4. The van der Waals surface area contributed by atoms with Crippen LogP contribution in [0.2, 0.25) is 10.0 Å². The Morgan fingerprint density at radius 1 is 0.955 bits per heavy atom. The van der Waals surface area contributed by atoms with Gasteiger partial charge in [-0.2, -0.15) is 0 Å². The normalized spacial score (nSPS) is 13.7. The smallest absolute Gasteiger partial charge is 0.262 e. The maximum Gasteiger partial charge on any atom is 0.262 e. The van der Waals surface area contributed by atoms with Crippen LogP contribution in [-0.2, 0) is 10.0 Å². The van der Waals surface area contributed by atoms with E-state index in [4.69, 9.17) is 32.7 Å². The van der Waals surface area contributed by atoms with Gasteiger partial charge in [0.1, 0.15) is 13.2 Å². The van der Waals surface area contributed by atoms with Crippen LogP contribution in [0.15, 0.2) is 41.3 Å². The number of ether oxygens (including phenoxy) is 2. The van der Waals surface area contributed by atoms with E-state index in [-0.39, 0.29) is 15.6 Å². The maximum absolute atomic E-state index is 12.4. The van der Waals surface area contributed by atoms with Crippen molar-refractivity contribution in [3.8, 4) is 11.5 Å². The van der Waals surface area contributed by atoms with Gasteiger partial charge in [-0.1, -0.05) is 23.2 Å². The van der Waals surface area contributed by atoms with Gasteiger partial charge in [-0.25, -0.2) is 8.42 Å². The first-order chi connectivity index (χ1) is 10.5. The van der Waals surface area contributed by atoms with Gasteiger partial charge in [0, 0.05) is 11.1 Å². The number of halogens is 2. The van der Waals surface area contributed by atoms with Crippen molar-refractivity contribution in [1.82, 2.24) is 0 Å². The summed E-state index contributed by atoms with van der Waals surface area (Å²) in [5.74, 6) is 0.922. The van der Waals surface area contributed by atoms with Gasteiger partial charge >= 0.3 is 0 Å². The fourth-order valence-corrected chi connectivity index (χ4v) is 3.57. The van der Waals surface area contributed by atoms with E-state index in [1.807, 2.05) is 0 Å². The van der Waals surface area contributed by atoms with Gasteiger partial charge in [-0.05, 0) is 30.3 Å². The zero-order valence-corrected chi connectivity index (χ0v) is 13.5. The van der Waals surface area contributed by atoms with Crippen LogP contribution in [0.1, 0.15) is 0 Å². The van der Waals surface area contributed by atoms with Crippen LogP contribution >= 0.6 is 23.2 Å². The van der Waals surface area contributed by atoms with Crippen molar-refractivity contribution in [2.75, 3.05) is 17.9 Å². The van der Waals surface area contributed by atoms with E-state index in [2.05, 4.69) is 4.72 Å². The number of anilines is 1. The molecule has 0 atom stereocenters. The summed E-state index contributed by atoms with van der Waals surface area (Å²) in [5, 5.41) is 0.640. The lowest BCUT2D eigenvalue weighted by molar-refractivity contribution is 0.171. The van der Waals surface area contributed by atoms with Gasteiger partial charge in [0.05, 0.1) is 15.6 Å². The van der Waals surface area contributed by atoms with Gasteiger partial charge in [0.2, 0.25) is 0 Å². The lowest BCUT2D eigenvalue weighted by Crippen LogP contribution is -2.17. The molecular weight excluding hydrogens is 349 g/mol. The quantitative estimate of drug-likeness (QED) is 0.909. The SMILES string of the molecule is O=S(=O)(Nc1ccc(Cl)cc1Cl)c1ccc2c(c1)OCCO2. The van der Waals surface area contributed by atoms with Gasteiger partial charge in [-0.15, -0.1) is 0 Å². The first-order valence-electron chi connectivity index (χ1n) is 6.33. The summed E-state index contributed by atoms with van der Waals surface area (Å²) >= 11 is 11.8. The van der Waals surface area contributed by atoms with E-state index in [9.17, 15) is 8.42 Å². The summed E-state index contributed by atoms with van der Waals surface area (Å²) in [6.45, 7) is 0.824. The third kappa shape index (κ3) is 3.09. The highest BCUT2D eigenvalue weighted by Crippen LogP contribution is 2.33. The van der Waals surface area contributed by atoms with Gasteiger partial charge in [0.25, 0.3) is 10.0 Å². The van der Waals surface area contributed by atoms with E-state index in [0.29, 0.717) is 29.7 Å². The Morgan fingerprint density at radius 3 is 2.41 bits per heavy atom. The molecule has 22 heavy (non-hydrogen) atoms. The zero-order chi connectivity index (χ0) is 15.7. The molecule has 1 heterocycles. The molecular formula is C14H11Cl2NO4S. The van der Waals surface area contributed by atoms with E-state index in [1.54, 1.807) is 12.1 Å². The van der Waals surface area contributed by atoms with Crippen molar-refractivity contribution in [2.24, 2.45) is 0 Å². The highest BCUT2D eigenvalue weighted by molar-refractivity contribution is 7.92. The number of nitrogens with one attached hydrogen (secondary N) is 1. The second kappa shape index (κ2) is 5.87. The monoisotopic (exact) mass is 359 g/mol. The molecule has 0 saturated heterocycles. The summed E-state index contributed by atoms with van der Waals surface area (Å²) < 4.78 is 38.0. The van der Waals surface area contributed by atoms with Crippen LogP contribution in [0.25, 0.3) is 0 Å². The lowest BCUT2D eigenvalue weighted by atomic mass is 10.3. The molecule has 0 aliphatic carbocycles. The topological polar surface area (TPSA) is 64.6 Å². The predicted molar refractivity (Wildman–Crippen MR) is 84.7 cm³/mol. The minimum atomic E-state index is -3.80. The number of fused-ring (bicyclic) bond motifs is 1. The minimum Gasteiger partial charge on any atom is -0.486 e. The molecule has 0 radical (unpaired) electrons. The number of hydrogen-bond acceptors (Lipinski definition) is 4. The Morgan fingerprint density at radius 2 is 1.68 bits per heavy atom. The number of sulfonamides is 1. The van der Waals surface area contributed by atoms with E-state index >= 15 is 0 Å². The van der Waals surface area contributed by atoms with Crippen molar-refractivity contribution in [3.63, 3.8) is 0 Å². The number of rotatable bonds is 3. The standard InChI is InChI=1S/C14H11Cl2NO4S/c15-9-1-3-12(11(16)7-9)17-22(18,19)10-2-4-13-14(8-10)21-6-5-20-13/h1-4,7-8,17H,5-6H2. The molecule has 3 rings (SSSR count). The van der Waals surface area contributed by atoms with Crippen LogP contribution in [-0.4, -0.2) is 21.6 Å². The third-order valence-electron chi connectivity index (χ3n) is 3.00. The summed E-state index contributed by atoms with van der Waals surface area (Å²) in [4.78, 5) is 0.0581. The summed E-state index contributed by atoms with van der Waals surface area (Å²) in [6, 6.07) is 8.94. The molecule has 0 bridgehead atoms. The summed E-state index contributed by atoms with van der Waals surface area (Å²) in [7, 11) is -3.80. The fourth-order valence-electron chi connectivity index (χ4n) is 1.97. The number of hydrogen-bond donors (Lipinski definition) is 1. The van der Waals surface area contributed by atoms with Gasteiger partial charge in [0.15, 0.2) is 11.5 Å². The first-order valence-corrected chi connectivity index (χ1v) is 8.57. The Balaban J connectivity index is 1.92. The molecule has 0 fully saturated rings. The van der Waals surface area contributed by atoms with Crippen molar-refractivity contribution in [2.45, 2.75) is 4.90 Å². The highest BCUT2D eigenvalue weighted by Gasteiger charge is 2.20. The highest BCUT2D eigenvalue weighted by atomic mass is 35.5. The molecule has 5 nitrogen and oxygen atoms in total. The van der Waals surface area contributed by atoms with Crippen molar-refractivity contribution in [3.05, 3.63) is 46.4 Å². The minimum absolute atomic E-state index is 0.0581. The van der Waals surface area contributed by atoms with Crippen molar-refractivity contribution >= 4 is 38.9 Å². The summed E-state index contributed by atoms with van der Waals surface area (Å²) in [5.41, 5.74) is 0.251. The van der Waals surface area contributed by atoms with Gasteiger partial charge in [-0.3, -0.25) is 4.72 Å². The van der Waals surface area contributed by atoms with E-state index in [0.717, 1.165) is 0 Å². The first kappa shape index (κ1) is 15.3. The van der Waals surface area contributed by atoms with Crippen LogP contribution in [0.4, 0.5) is 5.69 Å². The molecule has 0 unspecified atom stereocenters. The summed E-state index contributed by atoms with van der Waals surface area (Å²) in [6.07, 6.45) is 0. The Bertz CT molecular complexity index is 824. The van der Waals surface area contributed by atoms with Gasteiger partial charge < -0.3 is 9.47 Å². The average Bonchev–Trinajstić information content (AvgIpc) is 2.49. The van der Waals surface area contributed by atoms with Crippen LogP contribution in [0, 0.1) is 0 Å². The molecule has 1 N–H and O–H groups in total. The molecule has 2 aromatic rings. The average molecular weight is 360 g/mol. The van der Waals surface area contributed by atoms with Crippen LogP contribution in [0.5, 0.6) is 11.5 Å². The molecule has 0 aromatic heterocycles. The molecule has 1 aliphatic rings. The zero-order valence-electron chi connectivity index (χ0n) is 11.2. The second-order valence-electron chi connectivity index (χ2n) is 4.54. The Hall–Kier alpha value is -1.63. The molecule has 116 valence electrons. The largest absolute Gasteiger partial charge is 0.486 e. The molecule has 0 saturated carbocycles. The molecule has 1 aliphatic heterocycles. The van der Waals surface area contributed by atoms with Crippen molar-refractivity contribution in [1.29, 1.82) is 0 Å². The third-order valence-corrected chi connectivity index (χ3v) is 4.91. The molecule has 0 amide bonds. The second-order valence-corrected chi connectivity index (χ2v) is 7.06. The number of benzene rings is 2. The molecule has 2 aromatic carbocycles. The molecule has 0 spiro atoms. The van der Waals surface area contributed by atoms with Crippen LogP contribution in [0.3, 0.4) is 0 Å². The fraction of sp³-hybridized carbons (Fsp3) is 0.143.